The van der Waals surface area contributed by atoms with Gasteiger partial charge in [0.05, 0.1) is 23.7 Å². The zero-order valence-corrected chi connectivity index (χ0v) is 19.3. The highest BCUT2D eigenvalue weighted by atomic mass is 32.2. The van der Waals surface area contributed by atoms with Gasteiger partial charge in [-0.05, 0) is 38.3 Å². The van der Waals surface area contributed by atoms with Gasteiger partial charge in [0.2, 0.25) is 0 Å². The lowest BCUT2D eigenvalue weighted by Gasteiger charge is -2.16. The van der Waals surface area contributed by atoms with Crippen LogP contribution in [0.3, 0.4) is 0 Å². The second kappa shape index (κ2) is 15.6. The average Bonchev–Trinajstić information content (AvgIpc) is 2.71. The van der Waals surface area contributed by atoms with Gasteiger partial charge < -0.3 is 10.2 Å². The summed E-state index contributed by atoms with van der Waals surface area (Å²) >= 11 is 0. The van der Waals surface area contributed by atoms with Crippen LogP contribution in [-0.2, 0) is 14.3 Å². The van der Waals surface area contributed by atoms with Gasteiger partial charge in [0.15, 0.2) is 0 Å². The van der Waals surface area contributed by atoms with Crippen molar-refractivity contribution in [2.24, 2.45) is 0 Å². The fraction of sp³-hybridized carbons (Fsp3) is 0.667. The second-order valence-corrected chi connectivity index (χ2v) is 9.76. The van der Waals surface area contributed by atoms with Gasteiger partial charge in [0.1, 0.15) is 0 Å². The van der Waals surface area contributed by atoms with Gasteiger partial charge in [-0.25, -0.2) is 0 Å². The number of aryl methyl sites for hydroxylation is 1. The molecule has 30 heavy (non-hydrogen) atoms. The SMILES string of the molecule is C=CCCCCCCCCCCC[C@@H](O)C[C@H](O)COS(=O)(=O)c1ccc(C)cc1. The highest BCUT2D eigenvalue weighted by Crippen LogP contribution is 2.16. The fourth-order valence-electron chi connectivity index (χ4n) is 3.35. The van der Waals surface area contributed by atoms with Crippen molar-refractivity contribution in [3.8, 4) is 0 Å². The Kier molecular flexibility index (Phi) is 13.9. The molecule has 1 rings (SSSR count). The Morgan fingerprint density at radius 2 is 1.43 bits per heavy atom. The molecule has 0 bridgehead atoms. The zero-order valence-electron chi connectivity index (χ0n) is 18.5. The summed E-state index contributed by atoms with van der Waals surface area (Å²) in [5, 5.41) is 20.1. The van der Waals surface area contributed by atoms with Crippen LogP contribution in [-0.4, -0.2) is 37.4 Å². The molecule has 6 heteroatoms. The van der Waals surface area contributed by atoms with Crippen molar-refractivity contribution in [3.05, 3.63) is 42.5 Å². The predicted molar refractivity (Wildman–Crippen MR) is 122 cm³/mol. The van der Waals surface area contributed by atoms with Gasteiger partial charge in [-0.3, -0.25) is 4.18 Å². The van der Waals surface area contributed by atoms with Gasteiger partial charge in [-0.1, -0.05) is 75.1 Å². The van der Waals surface area contributed by atoms with E-state index in [1.807, 2.05) is 13.0 Å². The molecule has 0 fully saturated rings. The van der Waals surface area contributed by atoms with E-state index in [0.717, 1.165) is 24.8 Å². The molecule has 0 aliphatic heterocycles. The quantitative estimate of drug-likeness (QED) is 0.184. The predicted octanol–water partition coefficient (Wildman–Crippen LogP) is 5.29. The third kappa shape index (κ3) is 12.5. The van der Waals surface area contributed by atoms with Crippen molar-refractivity contribution in [1.82, 2.24) is 0 Å². The van der Waals surface area contributed by atoms with E-state index in [0.29, 0.717) is 6.42 Å². The summed E-state index contributed by atoms with van der Waals surface area (Å²) in [4.78, 5) is 0.0672. The number of benzene rings is 1. The third-order valence-electron chi connectivity index (χ3n) is 5.21. The molecule has 0 aromatic heterocycles. The highest BCUT2D eigenvalue weighted by Gasteiger charge is 2.19. The molecule has 0 amide bonds. The number of rotatable bonds is 18. The Balaban J connectivity index is 2.07. The molecule has 5 nitrogen and oxygen atoms in total. The van der Waals surface area contributed by atoms with Gasteiger partial charge >= 0.3 is 0 Å². The summed E-state index contributed by atoms with van der Waals surface area (Å²) in [5.41, 5.74) is 0.955. The normalized spacial score (nSPS) is 13.8. The van der Waals surface area contributed by atoms with Crippen LogP contribution in [0.5, 0.6) is 0 Å². The lowest BCUT2D eigenvalue weighted by atomic mass is 10.0. The lowest BCUT2D eigenvalue weighted by Crippen LogP contribution is -2.24. The maximum atomic E-state index is 12.1. The van der Waals surface area contributed by atoms with E-state index in [-0.39, 0.29) is 17.9 Å². The summed E-state index contributed by atoms with van der Waals surface area (Å²) < 4.78 is 29.2. The Labute approximate surface area is 183 Å². The van der Waals surface area contributed by atoms with Gasteiger partial charge in [-0.2, -0.15) is 8.42 Å². The first-order valence-corrected chi connectivity index (χ1v) is 12.7. The maximum absolute atomic E-state index is 12.1. The van der Waals surface area contributed by atoms with E-state index >= 15 is 0 Å². The van der Waals surface area contributed by atoms with E-state index < -0.39 is 22.3 Å². The van der Waals surface area contributed by atoms with Crippen LogP contribution in [0.15, 0.2) is 41.8 Å². The topological polar surface area (TPSA) is 83.8 Å². The molecule has 0 aliphatic rings. The van der Waals surface area contributed by atoms with Crippen LogP contribution in [0.1, 0.15) is 82.6 Å². The number of hydrogen-bond donors (Lipinski definition) is 2. The molecule has 0 spiro atoms. The van der Waals surface area contributed by atoms with Crippen molar-refractivity contribution in [3.63, 3.8) is 0 Å². The molecule has 0 heterocycles. The standard InChI is InChI=1S/C24H40O5S/c1-3-4-5-6-7-8-9-10-11-12-13-14-22(25)19-23(26)20-29-30(27,28)24-17-15-21(2)16-18-24/h3,15-18,22-23,25-26H,1,4-14,19-20H2,2H3/t22-,23+/m1/s1. The minimum Gasteiger partial charge on any atom is -0.393 e. The Morgan fingerprint density at radius 3 is 2.00 bits per heavy atom. The van der Waals surface area contributed by atoms with Gasteiger partial charge in [-0.15, -0.1) is 6.58 Å². The van der Waals surface area contributed by atoms with Crippen LogP contribution in [0.25, 0.3) is 0 Å². The minimum absolute atomic E-state index is 0.0672. The van der Waals surface area contributed by atoms with Crippen LogP contribution in [0, 0.1) is 6.92 Å². The Bertz CT molecular complexity index is 669. The van der Waals surface area contributed by atoms with Crippen LogP contribution >= 0.6 is 0 Å². The zero-order chi connectivity index (χ0) is 22.2. The van der Waals surface area contributed by atoms with Crippen molar-refractivity contribution in [1.29, 1.82) is 0 Å². The Hall–Kier alpha value is -1.21. The smallest absolute Gasteiger partial charge is 0.297 e. The first kappa shape index (κ1) is 26.8. The summed E-state index contributed by atoms with van der Waals surface area (Å²) in [6, 6.07) is 6.35. The molecule has 0 saturated carbocycles. The summed E-state index contributed by atoms with van der Waals surface area (Å²) in [7, 11) is -3.89. The monoisotopic (exact) mass is 440 g/mol. The van der Waals surface area contributed by atoms with Crippen molar-refractivity contribution in [2.75, 3.05) is 6.61 Å². The molecule has 2 N–H and O–H groups in total. The number of aliphatic hydroxyl groups is 2. The second-order valence-electron chi connectivity index (χ2n) is 8.14. The fourth-order valence-corrected chi connectivity index (χ4v) is 4.29. The van der Waals surface area contributed by atoms with Crippen molar-refractivity contribution >= 4 is 10.1 Å². The van der Waals surface area contributed by atoms with Crippen LogP contribution in [0.4, 0.5) is 0 Å². The van der Waals surface area contributed by atoms with E-state index in [9.17, 15) is 18.6 Å². The highest BCUT2D eigenvalue weighted by molar-refractivity contribution is 7.86. The molecular weight excluding hydrogens is 400 g/mol. The molecule has 0 aliphatic carbocycles. The van der Waals surface area contributed by atoms with Crippen LogP contribution in [0.2, 0.25) is 0 Å². The summed E-state index contributed by atoms with van der Waals surface area (Å²) in [6.07, 6.45) is 12.9. The van der Waals surface area contributed by atoms with Crippen molar-refractivity contribution in [2.45, 2.75) is 101 Å². The number of allylic oxidation sites excluding steroid dienone is 1. The number of aliphatic hydroxyl groups excluding tert-OH is 2. The number of hydrogen-bond acceptors (Lipinski definition) is 5. The van der Waals surface area contributed by atoms with Crippen LogP contribution < -0.4 is 0 Å². The molecule has 172 valence electrons. The molecule has 1 aromatic carbocycles. The van der Waals surface area contributed by atoms with E-state index in [2.05, 4.69) is 6.58 Å². The average molecular weight is 441 g/mol. The Morgan fingerprint density at radius 1 is 0.900 bits per heavy atom. The summed E-state index contributed by atoms with van der Waals surface area (Å²) in [6.45, 7) is 5.26. The van der Waals surface area contributed by atoms with E-state index in [1.165, 1.54) is 57.1 Å². The third-order valence-corrected chi connectivity index (χ3v) is 6.51. The molecule has 0 saturated heterocycles. The molecule has 2 atom stereocenters. The maximum Gasteiger partial charge on any atom is 0.297 e. The van der Waals surface area contributed by atoms with E-state index in [1.54, 1.807) is 12.1 Å². The van der Waals surface area contributed by atoms with Gasteiger partial charge in [0, 0.05) is 6.42 Å². The van der Waals surface area contributed by atoms with Crippen molar-refractivity contribution < 1.29 is 22.8 Å². The van der Waals surface area contributed by atoms with E-state index in [4.69, 9.17) is 4.18 Å². The number of unbranched alkanes of at least 4 members (excludes halogenated alkanes) is 9. The minimum atomic E-state index is -3.89. The molecule has 0 unspecified atom stereocenters. The molecular formula is C24H40O5S. The molecule has 0 radical (unpaired) electrons. The lowest BCUT2D eigenvalue weighted by molar-refractivity contribution is 0.0463. The summed E-state index contributed by atoms with van der Waals surface area (Å²) in [5.74, 6) is 0. The first-order chi connectivity index (χ1) is 14.3. The largest absolute Gasteiger partial charge is 0.393 e. The molecule has 1 aromatic rings. The first-order valence-electron chi connectivity index (χ1n) is 11.3. The van der Waals surface area contributed by atoms with Gasteiger partial charge in [0.25, 0.3) is 10.1 Å².